The largest absolute Gasteiger partial charge is 0.462 e. The fourth-order valence-corrected chi connectivity index (χ4v) is 8.21. The van der Waals surface area contributed by atoms with Crippen LogP contribution in [0.4, 0.5) is 0 Å². The van der Waals surface area contributed by atoms with Crippen LogP contribution in [0.25, 0.3) is 0 Å². The minimum absolute atomic E-state index is 0.110. The number of rotatable bonds is 55. The van der Waals surface area contributed by atoms with Gasteiger partial charge in [-0.25, -0.2) is 0 Å². The van der Waals surface area contributed by atoms with Crippen LogP contribution in [0, 0.1) is 0 Å². The monoisotopic (exact) mass is 1050 g/mol. The Labute approximate surface area is 468 Å². The maximum absolute atomic E-state index is 12.9. The zero-order valence-electron chi connectivity index (χ0n) is 49.2. The van der Waals surface area contributed by atoms with E-state index in [2.05, 4.69) is 154 Å². The number of hydrogen-bond donors (Lipinski definition) is 0. The molecule has 0 amide bonds. The van der Waals surface area contributed by atoms with Gasteiger partial charge in [-0.2, -0.15) is 0 Å². The lowest BCUT2D eigenvalue weighted by atomic mass is 10.1. The van der Waals surface area contributed by atoms with Crippen molar-refractivity contribution in [3.05, 3.63) is 134 Å². The predicted octanol–water partition coefficient (Wildman–Crippen LogP) is 21.4. The average molecular weight is 1050 g/mol. The summed E-state index contributed by atoms with van der Waals surface area (Å²) in [6, 6.07) is 0. The molecule has 0 aromatic carbocycles. The summed E-state index contributed by atoms with van der Waals surface area (Å²) in [6.45, 7) is 6.39. The van der Waals surface area contributed by atoms with Crippen LogP contribution in [0.1, 0.15) is 271 Å². The van der Waals surface area contributed by atoms with E-state index in [9.17, 15) is 14.4 Å². The van der Waals surface area contributed by atoms with Crippen molar-refractivity contribution in [2.24, 2.45) is 0 Å². The lowest BCUT2D eigenvalue weighted by Crippen LogP contribution is -2.30. The van der Waals surface area contributed by atoms with Crippen molar-refractivity contribution in [2.75, 3.05) is 13.2 Å². The fourth-order valence-electron chi connectivity index (χ4n) is 8.21. The fraction of sp³-hybridized carbons (Fsp3) is 0.643. The Morgan fingerprint density at radius 2 is 0.553 bits per heavy atom. The number of carbonyl (C=O) groups excluding carboxylic acids is 3. The van der Waals surface area contributed by atoms with E-state index in [1.807, 2.05) is 0 Å². The molecule has 0 saturated carbocycles. The van der Waals surface area contributed by atoms with Crippen LogP contribution in [0.2, 0.25) is 0 Å². The first-order chi connectivity index (χ1) is 37.5. The highest BCUT2D eigenvalue weighted by Crippen LogP contribution is 2.14. The van der Waals surface area contributed by atoms with E-state index < -0.39 is 6.10 Å². The number of unbranched alkanes of at least 4 members (excludes halogenated alkanes) is 22. The molecule has 0 aliphatic rings. The summed E-state index contributed by atoms with van der Waals surface area (Å²) >= 11 is 0. The second-order valence-corrected chi connectivity index (χ2v) is 20.2. The molecule has 0 rings (SSSR count). The third kappa shape index (κ3) is 60.4. The van der Waals surface area contributed by atoms with Crippen LogP contribution in [0.15, 0.2) is 134 Å². The van der Waals surface area contributed by atoms with Gasteiger partial charge in [0.25, 0.3) is 0 Å². The first kappa shape index (κ1) is 71.5. The molecule has 76 heavy (non-hydrogen) atoms. The normalized spacial score (nSPS) is 13.0. The Balaban J connectivity index is 4.39. The van der Waals surface area contributed by atoms with E-state index in [1.54, 1.807) is 0 Å². The van der Waals surface area contributed by atoms with Crippen LogP contribution >= 0.6 is 0 Å². The Kier molecular flexibility index (Phi) is 59.4. The molecule has 6 nitrogen and oxygen atoms in total. The van der Waals surface area contributed by atoms with E-state index in [0.29, 0.717) is 19.3 Å². The molecule has 0 aliphatic heterocycles. The Morgan fingerprint density at radius 1 is 0.276 bits per heavy atom. The van der Waals surface area contributed by atoms with Gasteiger partial charge in [-0.1, -0.05) is 257 Å². The summed E-state index contributed by atoms with van der Waals surface area (Å²) in [4.78, 5) is 38.2. The predicted molar refractivity (Wildman–Crippen MR) is 329 cm³/mol. The molecule has 1 unspecified atom stereocenters. The van der Waals surface area contributed by atoms with Gasteiger partial charge in [0, 0.05) is 19.3 Å². The molecular weight excluding hydrogens is 937 g/mol. The standard InChI is InChI=1S/C70H114O6/c1-4-7-10-13-16-19-22-24-26-28-30-32-34-35-37-38-40-42-44-46-48-51-54-57-60-63-69(72)75-66-67(65-74-68(71)62-59-56-53-50-21-18-15-12-9-6-3)76-70(73)64-61-58-55-52-49-47-45-43-41-39-36-33-31-29-27-25-23-20-17-14-11-8-5-2/h8,11-12,15,17,20,22,24-25,27-28,30-31,33-35,39,41,45,47,52,55,67H,4-7,9-10,13-14,16,18-19,21,23,26,29,32,36-38,40,42-44,46,48-51,53-54,56-66H2,1-3H3/b11-8-,15-12-,20-17-,24-22-,27-25-,30-28-,33-31-,35-34-,41-39-,47-45-,55-52-. The molecule has 430 valence electrons. The highest BCUT2D eigenvalue weighted by molar-refractivity contribution is 5.71. The number of esters is 3. The lowest BCUT2D eigenvalue weighted by Gasteiger charge is -2.18. The van der Waals surface area contributed by atoms with Gasteiger partial charge < -0.3 is 14.2 Å². The topological polar surface area (TPSA) is 78.9 Å². The summed E-state index contributed by atoms with van der Waals surface area (Å²) < 4.78 is 16.8. The highest BCUT2D eigenvalue weighted by Gasteiger charge is 2.19. The van der Waals surface area contributed by atoms with Crippen molar-refractivity contribution >= 4 is 17.9 Å². The minimum Gasteiger partial charge on any atom is -0.462 e. The van der Waals surface area contributed by atoms with Crippen molar-refractivity contribution < 1.29 is 28.6 Å². The minimum atomic E-state index is -0.819. The van der Waals surface area contributed by atoms with Gasteiger partial charge in [0.1, 0.15) is 13.2 Å². The van der Waals surface area contributed by atoms with Crippen LogP contribution < -0.4 is 0 Å². The first-order valence-corrected chi connectivity index (χ1v) is 31.2. The summed E-state index contributed by atoms with van der Waals surface area (Å²) in [5, 5.41) is 0. The van der Waals surface area contributed by atoms with Crippen LogP contribution in [-0.4, -0.2) is 37.2 Å². The zero-order valence-corrected chi connectivity index (χ0v) is 49.2. The van der Waals surface area contributed by atoms with Gasteiger partial charge in [-0.3, -0.25) is 14.4 Å². The van der Waals surface area contributed by atoms with Crippen molar-refractivity contribution in [1.82, 2.24) is 0 Å². The third-order valence-corrected chi connectivity index (χ3v) is 12.8. The first-order valence-electron chi connectivity index (χ1n) is 31.2. The van der Waals surface area contributed by atoms with E-state index >= 15 is 0 Å². The van der Waals surface area contributed by atoms with Crippen molar-refractivity contribution in [1.29, 1.82) is 0 Å². The molecule has 0 aromatic rings. The van der Waals surface area contributed by atoms with Crippen LogP contribution in [0.5, 0.6) is 0 Å². The van der Waals surface area contributed by atoms with Gasteiger partial charge in [0.2, 0.25) is 0 Å². The Hall–Kier alpha value is -4.45. The number of allylic oxidation sites excluding steroid dienone is 22. The maximum Gasteiger partial charge on any atom is 0.306 e. The number of hydrogen-bond acceptors (Lipinski definition) is 6. The van der Waals surface area contributed by atoms with Crippen LogP contribution in [-0.2, 0) is 28.6 Å². The van der Waals surface area contributed by atoms with Crippen molar-refractivity contribution in [3.8, 4) is 0 Å². The van der Waals surface area contributed by atoms with Crippen LogP contribution in [0.3, 0.4) is 0 Å². The van der Waals surface area contributed by atoms with Gasteiger partial charge in [-0.15, -0.1) is 0 Å². The molecule has 0 heterocycles. The lowest BCUT2D eigenvalue weighted by molar-refractivity contribution is -0.167. The van der Waals surface area contributed by atoms with E-state index in [-0.39, 0.29) is 37.5 Å². The summed E-state index contributed by atoms with van der Waals surface area (Å²) in [6.07, 6.45) is 88.9. The van der Waals surface area contributed by atoms with E-state index in [0.717, 1.165) is 122 Å². The molecule has 0 aromatic heterocycles. The summed E-state index contributed by atoms with van der Waals surface area (Å²) in [5.74, 6) is -0.986. The molecule has 0 N–H and O–H groups in total. The van der Waals surface area contributed by atoms with E-state index in [1.165, 1.54) is 103 Å². The molecule has 0 aliphatic carbocycles. The van der Waals surface area contributed by atoms with Crippen molar-refractivity contribution in [2.45, 2.75) is 277 Å². The molecule has 0 saturated heterocycles. The smallest absolute Gasteiger partial charge is 0.306 e. The van der Waals surface area contributed by atoms with E-state index in [4.69, 9.17) is 14.2 Å². The van der Waals surface area contributed by atoms with Gasteiger partial charge in [0.05, 0.1) is 0 Å². The molecule has 0 bridgehead atoms. The Bertz CT molecular complexity index is 1630. The molecule has 1 atom stereocenters. The molecule has 0 fully saturated rings. The highest BCUT2D eigenvalue weighted by atomic mass is 16.6. The third-order valence-electron chi connectivity index (χ3n) is 12.8. The maximum atomic E-state index is 12.9. The summed E-state index contributed by atoms with van der Waals surface area (Å²) in [5.41, 5.74) is 0. The molecular formula is C70H114O6. The Morgan fingerprint density at radius 3 is 0.908 bits per heavy atom. The number of ether oxygens (including phenoxy) is 3. The zero-order chi connectivity index (χ0) is 55.0. The van der Waals surface area contributed by atoms with Gasteiger partial charge in [-0.05, 0) is 128 Å². The van der Waals surface area contributed by atoms with Gasteiger partial charge >= 0.3 is 17.9 Å². The quantitative estimate of drug-likeness (QED) is 0.0261. The average Bonchev–Trinajstić information content (AvgIpc) is 3.42. The molecule has 0 radical (unpaired) electrons. The SMILES string of the molecule is CC/C=C\C/C=C\C/C=C\C/C=C\C/C=C\C/C=C\C/C=C\CCCC(=O)OC(COC(=O)CCCCCCC/C=C\CCC)COC(=O)CCCCCCCCCCCC/C=C\C/C=C\C/C=C\CCCCCCC. The van der Waals surface area contributed by atoms with Gasteiger partial charge in [0.15, 0.2) is 6.10 Å². The second kappa shape index (κ2) is 63.1. The molecule has 6 heteroatoms. The van der Waals surface area contributed by atoms with Crippen molar-refractivity contribution in [3.63, 3.8) is 0 Å². The second-order valence-electron chi connectivity index (χ2n) is 20.2. The molecule has 0 spiro atoms. The number of carbonyl (C=O) groups is 3. The summed E-state index contributed by atoms with van der Waals surface area (Å²) in [7, 11) is 0.